The van der Waals surface area contributed by atoms with Gasteiger partial charge in [0, 0.05) is 22.9 Å². The van der Waals surface area contributed by atoms with Gasteiger partial charge in [-0.05, 0) is 53.2 Å². The standard InChI is InChI=1S/C18H14BrClF3N3O3/c1-9-5-10(18(21,22)23)6-15(24-9)26-14(8-29-17(26)28)16(27)25(2)11-3-4-12(19)13(20)7-11/h3-7,14H,8H2,1-2H3/t14-/m0/s1. The molecule has 1 aromatic carbocycles. The van der Waals surface area contributed by atoms with Crippen molar-refractivity contribution in [1.29, 1.82) is 0 Å². The Morgan fingerprint density at radius 2 is 2.03 bits per heavy atom. The Morgan fingerprint density at radius 3 is 2.66 bits per heavy atom. The molecule has 2 aromatic rings. The molecule has 11 heteroatoms. The zero-order chi connectivity index (χ0) is 21.5. The Labute approximate surface area is 177 Å². The minimum Gasteiger partial charge on any atom is -0.446 e. The van der Waals surface area contributed by atoms with Crippen LogP contribution in [-0.4, -0.2) is 36.7 Å². The summed E-state index contributed by atoms with van der Waals surface area (Å²) in [7, 11) is 1.47. The molecule has 1 fully saturated rings. The smallest absolute Gasteiger partial charge is 0.416 e. The van der Waals surface area contributed by atoms with Gasteiger partial charge in [0.05, 0.1) is 10.6 Å². The summed E-state index contributed by atoms with van der Waals surface area (Å²) in [6.45, 7) is 1.05. The zero-order valence-corrected chi connectivity index (χ0v) is 17.5. The van der Waals surface area contributed by atoms with Crippen molar-refractivity contribution < 1.29 is 27.5 Å². The lowest BCUT2D eigenvalue weighted by molar-refractivity contribution is -0.137. The maximum Gasteiger partial charge on any atom is 0.416 e. The lowest BCUT2D eigenvalue weighted by Gasteiger charge is -2.26. The fourth-order valence-electron chi connectivity index (χ4n) is 2.84. The Hall–Kier alpha value is -2.33. The highest BCUT2D eigenvalue weighted by molar-refractivity contribution is 9.10. The topological polar surface area (TPSA) is 62.7 Å². The summed E-state index contributed by atoms with van der Waals surface area (Å²) in [5.41, 5.74) is -0.483. The number of hydrogen-bond acceptors (Lipinski definition) is 4. The van der Waals surface area contributed by atoms with Crippen LogP contribution >= 0.6 is 27.5 Å². The van der Waals surface area contributed by atoms with Crippen LogP contribution < -0.4 is 9.80 Å². The van der Waals surface area contributed by atoms with Crippen LogP contribution in [0.1, 0.15) is 11.3 Å². The molecule has 6 nitrogen and oxygen atoms in total. The van der Waals surface area contributed by atoms with Crippen molar-refractivity contribution in [1.82, 2.24) is 4.98 Å². The number of ether oxygens (including phenoxy) is 1. The van der Waals surface area contributed by atoms with Gasteiger partial charge in [-0.2, -0.15) is 13.2 Å². The first kappa shape index (κ1) is 21.4. The number of aromatic nitrogens is 1. The first-order valence-corrected chi connectivity index (χ1v) is 9.40. The molecule has 0 radical (unpaired) electrons. The Bertz CT molecular complexity index is 987. The molecule has 1 aliphatic heterocycles. The van der Waals surface area contributed by atoms with E-state index < -0.39 is 29.8 Å². The Balaban J connectivity index is 1.95. The molecule has 2 amide bonds. The Morgan fingerprint density at radius 1 is 1.34 bits per heavy atom. The number of amides is 2. The fraction of sp³-hybridized carbons (Fsp3) is 0.278. The van der Waals surface area contributed by atoms with Gasteiger partial charge < -0.3 is 9.64 Å². The number of nitrogens with zero attached hydrogens (tertiary/aromatic N) is 3. The zero-order valence-electron chi connectivity index (χ0n) is 15.1. The molecule has 0 spiro atoms. The number of rotatable bonds is 3. The molecule has 1 atom stereocenters. The number of carbonyl (C=O) groups excluding carboxylic acids is 2. The van der Waals surface area contributed by atoms with Gasteiger partial charge >= 0.3 is 12.3 Å². The number of benzene rings is 1. The minimum atomic E-state index is -4.63. The maximum atomic E-state index is 13.2. The highest BCUT2D eigenvalue weighted by Gasteiger charge is 2.43. The molecule has 0 unspecified atom stereocenters. The van der Waals surface area contributed by atoms with Gasteiger partial charge in [0.2, 0.25) is 0 Å². The normalized spacial score (nSPS) is 16.7. The van der Waals surface area contributed by atoms with Crippen LogP contribution in [0.2, 0.25) is 5.02 Å². The van der Waals surface area contributed by atoms with Crippen molar-refractivity contribution in [3.63, 3.8) is 0 Å². The van der Waals surface area contributed by atoms with Gasteiger partial charge in [-0.3, -0.25) is 4.79 Å². The number of hydrogen-bond donors (Lipinski definition) is 0. The molecule has 2 heterocycles. The molecule has 154 valence electrons. The van der Waals surface area contributed by atoms with E-state index in [-0.39, 0.29) is 18.1 Å². The van der Waals surface area contributed by atoms with Crippen LogP contribution in [0.5, 0.6) is 0 Å². The summed E-state index contributed by atoms with van der Waals surface area (Å²) >= 11 is 9.31. The van der Waals surface area contributed by atoms with E-state index in [0.29, 0.717) is 15.2 Å². The summed E-state index contributed by atoms with van der Waals surface area (Å²) in [5.74, 6) is -0.869. The molecule has 0 bridgehead atoms. The van der Waals surface area contributed by atoms with Gasteiger partial charge in [0.1, 0.15) is 12.4 Å². The Kier molecular flexibility index (Phi) is 5.77. The van der Waals surface area contributed by atoms with Crippen LogP contribution in [0.15, 0.2) is 34.8 Å². The number of alkyl halides is 3. The molecule has 0 N–H and O–H groups in total. The molecular formula is C18H14BrClF3N3O3. The highest BCUT2D eigenvalue weighted by Crippen LogP contribution is 2.34. The van der Waals surface area contributed by atoms with Gasteiger partial charge in [0.25, 0.3) is 5.91 Å². The maximum absolute atomic E-state index is 13.2. The summed E-state index contributed by atoms with van der Waals surface area (Å²) < 4.78 is 45.0. The quantitative estimate of drug-likeness (QED) is 0.617. The van der Waals surface area contributed by atoms with Gasteiger partial charge in [-0.15, -0.1) is 0 Å². The number of likely N-dealkylation sites (N-methyl/N-ethyl adjacent to an activating group) is 1. The summed E-state index contributed by atoms with van der Waals surface area (Å²) in [6, 6.07) is 5.22. The first-order chi connectivity index (χ1) is 13.5. The third-order valence-electron chi connectivity index (χ3n) is 4.29. The van der Waals surface area contributed by atoms with Crippen LogP contribution in [-0.2, 0) is 15.7 Å². The van der Waals surface area contributed by atoms with Crippen molar-refractivity contribution >= 4 is 51.0 Å². The average molecular weight is 493 g/mol. The summed E-state index contributed by atoms with van der Waals surface area (Å²) in [4.78, 5) is 31.3. The molecular weight excluding hydrogens is 479 g/mol. The second-order valence-corrected chi connectivity index (χ2v) is 7.57. The van der Waals surface area contributed by atoms with E-state index in [1.165, 1.54) is 24.9 Å². The predicted molar refractivity (Wildman–Crippen MR) is 104 cm³/mol. The van der Waals surface area contributed by atoms with Gasteiger partial charge in [-0.1, -0.05) is 11.6 Å². The summed E-state index contributed by atoms with van der Waals surface area (Å²) in [5, 5.41) is 0.368. The van der Waals surface area contributed by atoms with Crippen LogP contribution in [0, 0.1) is 6.92 Å². The molecule has 1 saturated heterocycles. The van der Waals surface area contributed by atoms with E-state index in [1.54, 1.807) is 12.1 Å². The van der Waals surface area contributed by atoms with Crippen molar-refractivity contribution in [3.8, 4) is 0 Å². The fourth-order valence-corrected chi connectivity index (χ4v) is 3.26. The van der Waals surface area contributed by atoms with Gasteiger partial charge in [0.15, 0.2) is 6.04 Å². The van der Waals surface area contributed by atoms with E-state index in [9.17, 15) is 22.8 Å². The largest absolute Gasteiger partial charge is 0.446 e. The number of anilines is 2. The van der Waals surface area contributed by atoms with E-state index in [2.05, 4.69) is 20.9 Å². The highest BCUT2D eigenvalue weighted by atomic mass is 79.9. The van der Waals surface area contributed by atoms with Crippen molar-refractivity contribution in [2.24, 2.45) is 0 Å². The first-order valence-electron chi connectivity index (χ1n) is 8.23. The van der Waals surface area contributed by atoms with Crippen LogP contribution in [0.4, 0.5) is 29.5 Å². The molecule has 0 aliphatic carbocycles. The van der Waals surface area contributed by atoms with Crippen molar-refractivity contribution in [2.45, 2.75) is 19.1 Å². The molecule has 29 heavy (non-hydrogen) atoms. The second kappa shape index (κ2) is 7.83. The average Bonchev–Trinajstić information content (AvgIpc) is 3.03. The summed E-state index contributed by atoms with van der Waals surface area (Å²) in [6.07, 6.45) is -5.58. The minimum absolute atomic E-state index is 0.0498. The number of carbonyl (C=O) groups is 2. The predicted octanol–water partition coefficient (Wildman–Crippen LogP) is 4.81. The van der Waals surface area contributed by atoms with E-state index >= 15 is 0 Å². The molecule has 1 aromatic heterocycles. The number of halogens is 5. The number of cyclic esters (lactones) is 1. The number of aryl methyl sites for hydroxylation is 1. The van der Waals surface area contributed by atoms with E-state index in [4.69, 9.17) is 16.3 Å². The third kappa shape index (κ3) is 4.32. The van der Waals surface area contributed by atoms with Crippen LogP contribution in [0.3, 0.4) is 0 Å². The van der Waals surface area contributed by atoms with E-state index in [0.717, 1.165) is 17.0 Å². The van der Waals surface area contributed by atoms with Crippen molar-refractivity contribution in [2.75, 3.05) is 23.5 Å². The number of pyridine rings is 1. The monoisotopic (exact) mass is 491 g/mol. The lowest BCUT2D eigenvalue weighted by Crippen LogP contribution is -2.47. The second-order valence-electron chi connectivity index (χ2n) is 6.31. The lowest BCUT2D eigenvalue weighted by atomic mass is 10.2. The van der Waals surface area contributed by atoms with Crippen molar-refractivity contribution in [3.05, 3.63) is 51.1 Å². The van der Waals surface area contributed by atoms with Crippen LogP contribution in [0.25, 0.3) is 0 Å². The third-order valence-corrected chi connectivity index (χ3v) is 5.53. The molecule has 1 aliphatic rings. The molecule has 0 saturated carbocycles. The molecule has 3 rings (SSSR count). The van der Waals surface area contributed by atoms with E-state index in [1.807, 2.05) is 0 Å². The SMILES string of the molecule is Cc1cc(C(F)(F)F)cc(N2C(=O)OC[C@H]2C(=O)N(C)c2ccc(Br)c(Cl)c2)n1. The van der Waals surface area contributed by atoms with Gasteiger partial charge in [-0.25, -0.2) is 14.7 Å².